The van der Waals surface area contributed by atoms with Gasteiger partial charge in [-0.05, 0) is 25.1 Å². The second kappa shape index (κ2) is 5.72. The fourth-order valence-electron chi connectivity index (χ4n) is 1.81. The van der Waals surface area contributed by atoms with E-state index in [2.05, 4.69) is 9.82 Å². The highest BCUT2D eigenvalue weighted by Gasteiger charge is 2.17. The molecule has 2 rings (SSSR count). The summed E-state index contributed by atoms with van der Waals surface area (Å²) in [6, 6.07) is 7.18. The van der Waals surface area contributed by atoms with Crippen molar-refractivity contribution in [2.24, 2.45) is 7.05 Å². The molecule has 0 spiro atoms. The molecule has 0 aliphatic heterocycles. The molecule has 7 heteroatoms. The van der Waals surface area contributed by atoms with Gasteiger partial charge in [-0.3, -0.25) is 4.68 Å². The van der Waals surface area contributed by atoms with Crippen LogP contribution in [0.15, 0.2) is 35.2 Å². The Hall–Kier alpha value is -1.73. The Morgan fingerprint density at radius 3 is 2.65 bits per heavy atom. The van der Waals surface area contributed by atoms with E-state index in [1.165, 1.54) is 18.2 Å². The van der Waals surface area contributed by atoms with Crippen LogP contribution in [0.3, 0.4) is 0 Å². The number of nitrogens with zero attached hydrogens (tertiary/aromatic N) is 2. The summed E-state index contributed by atoms with van der Waals surface area (Å²) in [6.07, 6.45) is 0.454. The molecule has 0 amide bonds. The number of hydrogen-bond acceptors (Lipinski definition) is 3. The van der Waals surface area contributed by atoms with Crippen molar-refractivity contribution in [1.29, 1.82) is 0 Å². The molecule has 2 aromatic rings. The summed E-state index contributed by atoms with van der Waals surface area (Å²) in [4.78, 5) is -0.336. The summed E-state index contributed by atoms with van der Waals surface area (Å²) >= 11 is 0. The molecular formula is C13H16FN3O2S. The number of nitrogens with one attached hydrogen (secondary N) is 1. The van der Waals surface area contributed by atoms with Crippen LogP contribution in [0.4, 0.5) is 4.39 Å². The van der Waals surface area contributed by atoms with E-state index >= 15 is 0 Å². The second-order valence-electron chi connectivity index (χ2n) is 4.48. The number of halogens is 1. The maximum atomic E-state index is 13.5. The smallest absolute Gasteiger partial charge is 0.243 e. The van der Waals surface area contributed by atoms with Crippen molar-refractivity contribution in [2.45, 2.75) is 18.2 Å². The quantitative estimate of drug-likeness (QED) is 0.907. The van der Waals surface area contributed by atoms with Crippen molar-refractivity contribution in [1.82, 2.24) is 14.5 Å². The van der Waals surface area contributed by atoms with Crippen molar-refractivity contribution >= 4 is 10.0 Å². The van der Waals surface area contributed by atoms with Gasteiger partial charge < -0.3 is 0 Å². The number of aryl methyl sites for hydroxylation is 2. The molecule has 0 fully saturated rings. The van der Waals surface area contributed by atoms with Crippen LogP contribution < -0.4 is 4.72 Å². The highest BCUT2D eigenvalue weighted by molar-refractivity contribution is 7.89. The van der Waals surface area contributed by atoms with Crippen LogP contribution in [0.2, 0.25) is 0 Å². The van der Waals surface area contributed by atoms with Crippen molar-refractivity contribution in [3.63, 3.8) is 0 Å². The van der Waals surface area contributed by atoms with Crippen LogP contribution in [0.25, 0.3) is 0 Å². The first-order valence-corrected chi connectivity index (χ1v) is 7.62. The van der Waals surface area contributed by atoms with Crippen LogP contribution >= 0.6 is 0 Å². The third-order valence-corrected chi connectivity index (χ3v) is 4.46. The average Bonchev–Trinajstić information content (AvgIpc) is 2.68. The predicted molar refractivity (Wildman–Crippen MR) is 73.2 cm³/mol. The summed E-state index contributed by atoms with van der Waals surface area (Å²) in [6.45, 7) is 2.09. The number of sulfonamides is 1. The van der Waals surface area contributed by atoms with E-state index < -0.39 is 15.8 Å². The SMILES string of the molecule is Cc1cc(CCNS(=O)(=O)c2ccccc2F)nn1C. The number of rotatable bonds is 5. The van der Waals surface area contributed by atoms with Gasteiger partial charge in [0, 0.05) is 25.7 Å². The Labute approximate surface area is 117 Å². The molecule has 0 aliphatic rings. The normalized spacial score (nSPS) is 11.8. The van der Waals surface area contributed by atoms with Gasteiger partial charge in [-0.2, -0.15) is 5.10 Å². The van der Waals surface area contributed by atoms with Crippen LogP contribution in [0.1, 0.15) is 11.4 Å². The van der Waals surface area contributed by atoms with Gasteiger partial charge in [-0.15, -0.1) is 0 Å². The highest BCUT2D eigenvalue weighted by Crippen LogP contribution is 2.13. The third-order valence-electron chi connectivity index (χ3n) is 2.96. The predicted octanol–water partition coefficient (Wildman–Crippen LogP) is 1.39. The molecule has 1 heterocycles. The number of benzene rings is 1. The number of hydrogen-bond donors (Lipinski definition) is 1. The molecule has 0 aliphatic carbocycles. The van der Waals surface area contributed by atoms with E-state index in [0.29, 0.717) is 6.42 Å². The molecule has 20 heavy (non-hydrogen) atoms. The highest BCUT2D eigenvalue weighted by atomic mass is 32.2. The lowest BCUT2D eigenvalue weighted by Gasteiger charge is -2.06. The minimum Gasteiger partial charge on any atom is -0.273 e. The standard InChI is InChI=1S/C13H16FN3O2S/c1-10-9-11(16-17(10)2)7-8-15-20(18,19)13-6-4-3-5-12(13)14/h3-6,9,15H,7-8H2,1-2H3. The lowest BCUT2D eigenvalue weighted by molar-refractivity contribution is 0.556. The summed E-state index contributed by atoms with van der Waals surface area (Å²) in [5, 5.41) is 4.23. The van der Waals surface area contributed by atoms with E-state index in [1.807, 2.05) is 20.0 Å². The van der Waals surface area contributed by atoms with Crippen LogP contribution in [0.5, 0.6) is 0 Å². The van der Waals surface area contributed by atoms with Gasteiger partial charge in [0.1, 0.15) is 10.7 Å². The second-order valence-corrected chi connectivity index (χ2v) is 6.21. The summed E-state index contributed by atoms with van der Waals surface area (Å²) < 4.78 is 41.4. The lowest BCUT2D eigenvalue weighted by Crippen LogP contribution is -2.26. The van der Waals surface area contributed by atoms with Crippen LogP contribution in [-0.4, -0.2) is 24.7 Å². The average molecular weight is 297 g/mol. The first-order chi connectivity index (χ1) is 9.40. The Kier molecular flexibility index (Phi) is 4.20. The molecule has 0 saturated carbocycles. The van der Waals surface area contributed by atoms with Gasteiger partial charge in [0.2, 0.25) is 10.0 Å². The molecule has 0 radical (unpaired) electrons. The molecule has 0 bridgehead atoms. The largest absolute Gasteiger partial charge is 0.273 e. The maximum absolute atomic E-state index is 13.5. The summed E-state index contributed by atoms with van der Waals surface area (Å²) in [5.74, 6) is -0.756. The Balaban J connectivity index is 2.02. The fourth-order valence-corrected chi connectivity index (χ4v) is 2.92. The van der Waals surface area contributed by atoms with E-state index in [-0.39, 0.29) is 11.4 Å². The summed E-state index contributed by atoms with van der Waals surface area (Å²) in [7, 11) is -2.00. The fraction of sp³-hybridized carbons (Fsp3) is 0.308. The van der Waals surface area contributed by atoms with Crippen molar-refractivity contribution in [3.8, 4) is 0 Å². The summed E-state index contributed by atoms with van der Waals surface area (Å²) in [5.41, 5.74) is 1.79. The van der Waals surface area contributed by atoms with E-state index in [9.17, 15) is 12.8 Å². The van der Waals surface area contributed by atoms with Gasteiger partial charge in [0.15, 0.2) is 0 Å². The molecule has 0 unspecified atom stereocenters. The van der Waals surface area contributed by atoms with Crippen molar-refractivity contribution in [3.05, 3.63) is 47.5 Å². The first-order valence-electron chi connectivity index (χ1n) is 6.14. The Morgan fingerprint density at radius 2 is 2.05 bits per heavy atom. The maximum Gasteiger partial charge on any atom is 0.243 e. The van der Waals surface area contributed by atoms with E-state index in [4.69, 9.17) is 0 Å². The minimum atomic E-state index is -3.82. The number of aromatic nitrogens is 2. The zero-order chi connectivity index (χ0) is 14.8. The van der Waals surface area contributed by atoms with E-state index in [1.54, 1.807) is 4.68 Å². The topological polar surface area (TPSA) is 64.0 Å². The Bertz CT molecular complexity index is 691. The monoisotopic (exact) mass is 297 g/mol. The molecule has 0 saturated heterocycles. The first kappa shape index (κ1) is 14.7. The third kappa shape index (κ3) is 3.23. The molecule has 5 nitrogen and oxygen atoms in total. The zero-order valence-corrected chi connectivity index (χ0v) is 12.1. The minimum absolute atomic E-state index is 0.174. The van der Waals surface area contributed by atoms with Crippen LogP contribution in [-0.2, 0) is 23.5 Å². The zero-order valence-electron chi connectivity index (χ0n) is 11.3. The van der Waals surface area contributed by atoms with Gasteiger partial charge in [-0.25, -0.2) is 17.5 Å². The molecule has 108 valence electrons. The van der Waals surface area contributed by atoms with Gasteiger partial charge in [0.25, 0.3) is 0 Å². The molecule has 1 aromatic heterocycles. The van der Waals surface area contributed by atoms with Crippen LogP contribution in [0, 0.1) is 12.7 Å². The molecule has 1 N–H and O–H groups in total. The van der Waals surface area contributed by atoms with Crippen molar-refractivity contribution in [2.75, 3.05) is 6.54 Å². The molecular weight excluding hydrogens is 281 g/mol. The van der Waals surface area contributed by atoms with Gasteiger partial charge >= 0.3 is 0 Å². The van der Waals surface area contributed by atoms with Crippen molar-refractivity contribution < 1.29 is 12.8 Å². The van der Waals surface area contributed by atoms with E-state index in [0.717, 1.165) is 17.5 Å². The van der Waals surface area contributed by atoms with Gasteiger partial charge in [0.05, 0.1) is 5.69 Å². The molecule has 1 aromatic carbocycles. The Morgan fingerprint density at radius 1 is 1.35 bits per heavy atom. The molecule has 0 atom stereocenters. The lowest BCUT2D eigenvalue weighted by atomic mass is 10.3. The van der Waals surface area contributed by atoms with Gasteiger partial charge in [-0.1, -0.05) is 12.1 Å².